The van der Waals surface area contributed by atoms with Crippen LogP contribution < -0.4 is 0 Å². The molecule has 12 heavy (non-hydrogen) atoms. The molecule has 0 N–H and O–H groups in total. The first-order chi connectivity index (χ1) is 5.70. The molecule has 1 aromatic rings. The van der Waals surface area contributed by atoms with Crippen molar-refractivity contribution in [1.82, 2.24) is 4.98 Å². The van der Waals surface area contributed by atoms with E-state index in [9.17, 15) is 0 Å². The maximum Gasteiger partial charge on any atom is 0.0762 e. The highest BCUT2D eigenvalue weighted by atomic mass is 32.2. The Morgan fingerprint density at radius 3 is 2.67 bits per heavy atom. The Labute approximate surface area is 77.2 Å². The van der Waals surface area contributed by atoms with Gasteiger partial charge in [-0.25, -0.2) is 0 Å². The van der Waals surface area contributed by atoms with E-state index in [-0.39, 0.29) is 0 Å². The van der Waals surface area contributed by atoms with Crippen molar-refractivity contribution in [3.8, 4) is 0 Å². The van der Waals surface area contributed by atoms with E-state index < -0.39 is 0 Å². The van der Waals surface area contributed by atoms with Crippen molar-refractivity contribution in [1.29, 1.82) is 0 Å². The number of hydrogen-bond acceptors (Lipinski definition) is 2. The molecular formula is C10H11NS. The highest BCUT2D eigenvalue weighted by molar-refractivity contribution is 8.11. The second-order valence-corrected chi connectivity index (χ2v) is 3.84. The van der Waals surface area contributed by atoms with Crippen molar-refractivity contribution in [2.24, 2.45) is 0 Å². The number of hydrogen-bond donors (Lipinski definition) is 0. The maximum absolute atomic E-state index is 4.17. The second-order valence-electron chi connectivity index (χ2n) is 2.44. The summed E-state index contributed by atoms with van der Waals surface area (Å²) in [6, 6.07) is 5.78. The number of thioether (sulfide) groups is 1. The molecule has 0 spiro atoms. The number of rotatable bonds is 3. The Balaban J connectivity index is 2.73. The van der Waals surface area contributed by atoms with Crippen LogP contribution in [0.25, 0.3) is 4.91 Å². The van der Waals surface area contributed by atoms with E-state index in [1.165, 1.54) is 0 Å². The normalized spacial score (nSPS) is 9.42. The van der Waals surface area contributed by atoms with Crippen LogP contribution in [0.2, 0.25) is 0 Å². The van der Waals surface area contributed by atoms with E-state index in [4.69, 9.17) is 0 Å². The lowest BCUT2D eigenvalue weighted by Gasteiger charge is -2.02. The number of aromatic nitrogens is 1. The van der Waals surface area contributed by atoms with Gasteiger partial charge in [-0.1, -0.05) is 31.0 Å². The molecule has 1 aromatic heterocycles. The van der Waals surface area contributed by atoms with Crippen LogP contribution in [0, 0.1) is 0 Å². The average molecular weight is 177 g/mol. The smallest absolute Gasteiger partial charge is 0.0762 e. The lowest BCUT2D eigenvalue weighted by molar-refractivity contribution is 1.29. The predicted molar refractivity (Wildman–Crippen MR) is 55.7 cm³/mol. The largest absolute Gasteiger partial charge is 0.256 e. The van der Waals surface area contributed by atoms with Gasteiger partial charge in [0.2, 0.25) is 0 Å². The molecule has 0 saturated heterocycles. The molecule has 1 heterocycles. The highest BCUT2D eigenvalue weighted by Crippen LogP contribution is 2.28. The molecule has 0 unspecified atom stereocenters. The van der Waals surface area contributed by atoms with Crippen LogP contribution in [0.1, 0.15) is 12.6 Å². The summed E-state index contributed by atoms with van der Waals surface area (Å²) in [5, 5.41) is 0. The van der Waals surface area contributed by atoms with Gasteiger partial charge in [-0.15, -0.1) is 0 Å². The van der Waals surface area contributed by atoms with E-state index in [0.29, 0.717) is 0 Å². The van der Waals surface area contributed by atoms with Crippen LogP contribution in [0.5, 0.6) is 0 Å². The Kier molecular flexibility index (Phi) is 3.11. The number of pyridine rings is 1. The van der Waals surface area contributed by atoms with Crippen molar-refractivity contribution >= 4 is 16.7 Å². The summed E-state index contributed by atoms with van der Waals surface area (Å²) in [7, 11) is 0. The zero-order valence-corrected chi connectivity index (χ0v) is 7.90. The van der Waals surface area contributed by atoms with E-state index >= 15 is 0 Å². The third-order valence-corrected chi connectivity index (χ3v) is 2.05. The minimum atomic E-state index is 0.922. The summed E-state index contributed by atoms with van der Waals surface area (Å²) in [6.07, 6.45) is 1.76. The summed E-state index contributed by atoms with van der Waals surface area (Å²) >= 11 is 1.56. The minimum Gasteiger partial charge on any atom is -0.256 e. The van der Waals surface area contributed by atoms with Crippen LogP contribution in [-0.2, 0) is 0 Å². The highest BCUT2D eigenvalue weighted by Gasteiger charge is 1.99. The first-order valence-corrected chi connectivity index (χ1v) is 4.45. The third-order valence-electron chi connectivity index (χ3n) is 1.25. The van der Waals surface area contributed by atoms with Crippen molar-refractivity contribution in [2.45, 2.75) is 6.92 Å². The minimum absolute atomic E-state index is 0.922. The molecule has 0 aliphatic carbocycles. The van der Waals surface area contributed by atoms with E-state index in [2.05, 4.69) is 18.1 Å². The van der Waals surface area contributed by atoms with Crippen molar-refractivity contribution < 1.29 is 0 Å². The number of nitrogens with zero attached hydrogens (tertiary/aromatic N) is 1. The lowest BCUT2D eigenvalue weighted by atomic mass is 10.3. The van der Waals surface area contributed by atoms with Gasteiger partial charge in [-0.05, 0) is 24.0 Å². The van der Waals surface area contributed by atoms with Gasteiger partial charge in [-0.2, -0.15) is 0 Å². The monoisotopic (exact) mass is 177 g/mol. The SMILES string of the molecule is C=C(C)SC(=C)c1ccccn1. The van der Waals surface area contributed by atoms with Gasteiger partial charge in [0, 0.05) is 11.1 Å². The van der Waals surface area contributed by atoms with Crippen LogP contribution in [0.15, 0.2) is 42.5 Å². The fourth-order valence-electron chi connectivity index (χ4n) is 0.790. The molecule has 0 radical (unpaired) electrons. The van der Waals surface area contributed by atoms with Crippen molar-refractivity contribution in [3.05, 3.63) is 48.2 Å². The zero-order chi connectivity index (χ0) is 8.97. The summed E-state index contributed by atoms with van der Waals surface area (Å²) < 4.78 is 0. The molecule has 1 nitrogen and oxygen atoms in total. The van der Waals surface area contributed by atoms with Crippen molar-refractivity contribution in [3.63, 3.8) is 0 Å². The van der Waals surface area contributed by atoms with E-state index in [1.807, 2.05) is 25.1 Å². The number of allylic oxidation sites excluding steroid dienone is 1. The molecule has 62 valence electrons. The summed E-state index contributed by atoms with van der Waals surface area (Å²) in [5.41, 5.74) is 0.922. The fourth-order valence-corrected chi connectivity index (χ4v) is 1.44. The summed E-state index contributed by atoms with van der Waals surface area (Å²) in [4.78, 5) is 6.15. The van der Waals surface area contributed by atoms with Gasteiger partial charge in [-0.3, -0.25) is 4.98 Å². The quantitative estimate of drug-likeness (QED) is 0.702. The third kappa shape index (κ3) is 2.55. The summed E-state index contributed by atoms with van der Waals surface area (Å²) in [6.45, 7) is 9.66. The first kappa shape index (κ1) is 9.07. The summed E-state index contributed by atoms with van der Waals surface area (Å²) in [5.74, 6) is 0. The van der Waals surface area contributed by atoms with Gasteiger partial charge in [0.15, 0.2) is 0 Å². The van der Waals surface area contributed by atoms with Crippen LogP contribution in [0.3, 0.4) is 0 Å². The molecule has 0 fully saturated rings. The topological polar surface area (TPSA) is 12.9 Å². The Morgan fingerprint density at radius 1 is 1.42 bits per heavy atom. The predicted octanol–water partition coefficient (Wildman–Crippen LogP) is 3.32. The van der Waals surface area contributed by atoms with E-state index in [1.54, 1.807) is 18.0 Å². The molecule has 0 amide bonds. The molecule has 2 heteroatoms. The second kappa shape index (κ2) is 4.12. The lowest BCUT2D eigenvalue weighted by Crippen LogP contribution is -1.82. The molecule has 0 aliphatic rings. The van der Waals surface area contributed by atoms with E-state index in [0.717, 1.165) is 15.5 Å². The standard InChI is InChI=1S/C10H11NS/c1-8(2)12-9(3)10-6-4-5-7-11-10/h4-7H,1,3H2,2H3. The Bertz CT molecular complexity index is 290. The van der Waals surface area contributed by atoms with Gasteiger partial charge in [0.1, 0.15) is 0 Å². The van der Waals surface area contributed by atoms with Crippen LogP contribution in [-0.4, -0.2) is 4.98 Å². The molecule has 1 rings (SSSR count). The first-order valence-electron chi connectivity index (χ1n) is 3.64. The average Bonchev–Trinajstić information content (AvgIpc) is 2.05. The molecule has 0 aliphatic heterocycles. The fraction of sp³-hybridized carbons (Fsp3) is 0.100. The molecule has 0 aromatic carbocycles. The van der Waals surface area contributed by atoms with Crippen LogP contribution in [0.4, 0.5) is 0 Å². The van der Waals surface area contributed by atoms with Gasteiger partial charge in [0.05, 0.1) is 5.69 Å². The maximum atomic E-state index is 4.17. The Hall–Kier alpha value is -1.02. The zero-order valence-electron chi connectivity index (χ0n) is 7.08. The van der Waals surface area contributed by atoms with Gasteiger partial charge in [0.25, 0.3) is 0 Å². The van der Waals surface area contributed by atoms with Gasteiger partial charge >= 0.3 is 0 Å². The molecule has 0 bridgehead atoms. The van der Waals surface area contributed by atoms with Crippen LogP contribution >= 0.6 is 11.8 Å². The molecule has 0 saturated carbocycles. The van der Waals surface area contributed by atoms with Gasteiger partial charge < -0.3 is 0 Å². The molecular weight excluding hydrogens is 166 g/mol. The molecule has 0 atom stereocenters. The Morgan fingerprint density at radius 2 is 2.17 bits per heavy atom. The van der Waals surface area contributed by atoms with Crippen molar-refractivity contribution in [2.75, 3.05) is 0 Å².